The van der Waals surface area contributed by atoms with E-state index in [1.54, 1.807) is 6.20 Å². The number of hydrogen-bond donors (Lipinski definition) is 2. The highest BCUT2D eigenvalue weighted by atomic mass is 14.9. The van der Waals surface area contributed by atoms with Crippen LogP contribution in [-0.4, -0.2) is 4.98 Å². The third-order valence-electron chi connectivity index (χ3n) is 3.23. The summed E-state index contributed by atoms with van der Waals surface area (Å²) in [4.78, 5) is 4.19. The first-order valence-corrected chi connectivity index (χ1v) is 6.20. The molecular formula is C16H15N3. The van der Waals surface area contributed by atoms with Crippen LogP contribution in [0.1, 0.15) is 5.56 Å². The Kier molecular flexibility index (Phi) is 2.80. The Labute approximate surface area is 112 Å². The summed E-state index contributed by atoms with van der Waals surface area (Å²) < 4.78 is 0. The maximum absolute atomic E-state index is 5.83. The van der Waals surface area contributed by atoms with Crippen LogP contribution in [0.2, 0.25) is 0 Å². The molecule has 0 aliphatic rings. The first-order valence-electron chi connectivity index (χ1n) is 6.20. The van der Waals surface area contributed by atoms with Crippen LogP contribution in [0.25, 0.3) is 10.8 Å². The van der Waals surface area contributed by atoms with E-state index in [1.165, 1.54) is 5.39 Å². The molecule has 0 radical (unpaired) electrons. The zero-order chi connectivity index (χ0) is 13.2. The molecule has 3 heteroatoms. The predicted octanol–water partition coefficient (Wildman–Crippen LogP) is 3.87. The standard InChI is InChI=1S/C16H15N3/c1-11-9-13(5-6-15(11)17)19-16-4-2-3-12-7-8-18-10-14(12)16/h2-10,19H,17H2,1H3. The monoisotopic (exact) mass is 249 g/mol. The molecule has 94 valence electrons. The number of fused-ring (bicyclic) bond motifs is 1. The Hall–Kier alpha value is -2.55. The first kappa shape index (κ1) is 11.5. The summed E-state index contributed by atoms with van der Waals surface area (Å²) in [7, 11) is 0. The third kappa shape index (κ3) is 2.22. The first-order chi connectivity index (χ1) is 9.24. The number of hydrogen-bond acceptors (Lipinski definition) is 3. The van der Waals surface area contributed by atoms with E-state index in [0.29, 0.717) is 0 Å². The highest BCUT2D eigenvalue weighted by Crippen LogP contribution is 2.26. The lowest BCUT2D eigenvalue weighted by Gasteiger charge is -2.11. The van der Waals surface area contributed by atoms with Gasteiger partial charge in [0.15, 0.2) is 0 Å². The quantitative estimate of drug-likeness (QED) is 0.678. The number of aromatic nitrogens is 1. The third-order valence-corrected chi connectivity index (χ3v) is 3.23. The van der Waals surface area contributed by atoms with Crippen molar-refractivity contribution in [2.45, 2.75) is 6.92 Å². The highest BCUT2D eigenvalue weighted by molar-refractivity contribution is 5.94. The molecule has 3 N–H and O–H groups in total. The molecule has 0 saturated carbocycles. The summed E-state index contributed by atoms with van der Waals surface area (Å²) in [5.74, 6) is 0. The molecule has 0 aliphatic carbocycles. The van der Waals surface area contributed by atoms with E-state index in [4.69, 9.17) is 5.73 Å². The van der Waals surface area contributed by atoms with Gasteiger partial charge >= 0.3 is 0 Å². The fourth-order valence-electron chi connectivity index (χ4n) is 2.13. The zero-order valence-electron chi connectivity index (χ0n) is 10.7. The van der Waals surface area contributed by atoms with Gasteiger partial charge in [-0.1, -0.05) is 12.1 Å². The second-order valence-electron chi connectivity index (χ2n) is 4.60. The van der Waals surface area contributed by atoms with Crippen LogP contribution in [0.15, 0.2) is 54.9 Å². The lowest BCUT2D eigenvalue weighted by Crippen LogP contribution is -1.94. The maximum Gasteiger partial charge on any atom is 0.0479 e. The van der Waals surface area contributed by atoms with Gasteiger partial charge < -0.3 is 11.1 Å². The van der Waals surface area contributed by atoms with Gasteiger partial charge in [-0.15, -0.1) is 0 Å². The molecule has 0 atom stereocenters. The van der Waals surface area contributed by atoms with Crippen LogP contribution in [0.5, 0.6) is 0 Å². The highest BCUT2D eigenvalue weighted by Gasteiger charge is 2.02. The summed E-state index contributed by atoms with van der Waals surface area (Å²) in [5.41, 5.74) is 9.80. The van der Waals surface area contributed by atoms with Crippen molar-refractivity contribution < 1.29 is 0 Å². The molecule has 1 heterocycles. The van der Waals surface area contributed by atoms with Crippen LogP contribution < -0.4 is 11.1 Å². The maximum atomic E-state index is 5.83. The Morgan fingerprint density at radius 1 is 1.11 bits per heavy atom. The van der Waals surface area contributed by atoms with Gasteiger partial charge in [-0.3, -0.25) is 4.98 Å². The van der Waals surface area contributed by atoms with E-state index in [9.17, 15) is 0 Å². The molecule has 3 rings (SSSR count). The van der Waals surface area contributed by atoms with Crippen LogP contribution in [0.4, 0.5) is 17.1 Å². The van der Waals surface area contributed by atoms with E-state index in [0.717, 1.165) is 28.0 Å². The van der Waals surface area contributed by atoms with Crippen molar-refractivity contribution in [1.82, 2.24) is 4.98 Å². The average Bonchev–Trinajstić information content (AvgIpc) is 2.43. The molecule has 3 aromatic rings. The Bertz CT molecular complexity index is 730. The lowest BCUT2D eigenvalue weighted by atomic mass is 10.1. The molecule has 2 aromatic carbocycles. The van der Waals surface area contributed by atoms with Crippen LogP contribution >= 0.6 is 0 Å². The minimum atomic E-state index is 0.810. The number of aryl methyl sites for hydroxylation is 1. The fourth-order valence-corrected chi connectivity index (χ4v) is 2.13. The van der Waals surface area contributed by atoms with E-state index >= 15 is 0 Å². The molecule has 0 aliphatic heterocycles. The Balaban J connectivity index is 2.03. The molecule has 0 spiro atoms. The second-order valence-corrected chi connectivity index (χ2v) is 4.60. The van der Waals surface area contributed by atoms with Gasteiger partial charge in [0.1, 0.15) is 0 Å². The summed E-state index contributed by atoms with van der Waals surface area (Å²) in [6.07, 6.45) is 3.68. The normalized spacial score (nSPS) is 10.6. The van der Waals surface area contributed by atoms with Gasteiger partial charge in [0.25, 0.3) is 0 Å². The lowest BCUT2D eigenvalue weighted by molar-refractivity contribution is 1.36. The van der Waals surface area contributed by atoms with E-state index in [-0.39, 0.29) is 0 Å². The van der Waals surface area contributed by atoms with Crippen molar-refractivity contribution >= 4 is 27.8 Å². The number of nitrogens with one attached hydrogen (secondary N) is 1. The molecule has 3 nitrogen and oxygen atoms in total. The van der Waals surface area contributed by atoms with Crippen LogP contribution in [0.3, 0.4) is 0 Å². The van der Waals surface area contributed by atoms with Gasteiger partial charge in [-0.2, -0.15) is 0 Å². The number of pyridine rings is 1. The summed E-state index contributed by atoms with van der Waals surface area (Å²) in [6, 6.07) is 14.1. The number of rotatable bonds is 2. The second kappa shape index (κ2) is 4.61. The topological polar surface area (TPSA) is 50.9 Å². The van der Waals surface area contributed by atoms with Crippen molar-refractivity contribution in [3.8, 4) is 0 Å². The number of nitrogens with two attached hydrogens (primary N) is 1. The van der Waals surface area contributed by atoms with Gasteiger partial charge in [-0.05, 0) is 48.2 Å². The van der Waals surface area contributed by atoms with Gasteiger partial charge in [0.2, 0.25) is 0 Å². The molecule has 0 unspecified atom stereocenters. The predicted molar refractivity (Wildman–Crippen MR) is 80.6 cm³/mol. The summed E-state index contributed by atoms with van der Waals surface area (Å²) in [6.45, 7) is 2.01. The number of nitrogen functional groups attached to an aromatic ring is 1. The summed E-state index contributed by atoms with van der Waals surface area (Å²) in [5, 5.41) is 5.70. The van der Waals surface area contributed by atoms with Crippen molar-refractivity contribution in [2.24, 2.45) is 0 Å². The number of nitrogens with zero attached hydrogens (tertiary/aromatic N) is 1. The smallest absolute Gasteiger partial charge is 0.0479 e. The molecule has 0 amide bonds. The molecular weight excluding hydrogens is 234 g/mol. The Morgan fingerprint density at radius 3 is 2.84 bits per heavy atom. The van der Waals surface area contributed by atoms with Gasteiger partial charge in [0.05, 0.1) is 0 Å². The van der Waals surface area contributed by atoms with Crippen molar-refractivity contribution in [3.05, 3.63) is 60.4 Å². The molecule has 19 heavy (non-hydrogen) atoms. The molecule has 0 bridgehead atoms. The Morgan fingerprint density at radius 2 is 2.00 bits per heavy atom. The van der Waals surface area contributed by atoms with Gasteiger partial charge in [-0.25, -0.2) is 0 Å². The van der Waals surface area contributed by atoms with Crippen molar-refractivity contribution in [3.63, 3.8) is 0 Å². The largest absolute Gasteiger partial charge is 0.399 e. The molecule has 1 aromatic heterocycles. The van der Waals surface area contributed by atoms with Crippen molar-refractivity contribution in [1.29, 1.82) is 0 Å². The number of benzene rings is 2. The van der Waals surface area contributed by atoms with Crippen LogP contribution in [-0.2, 0) is 0 Å². The molecule has 0 fully saturated rings. The SMILES string of the molecule is Cc1cc(Nc2cccc3ccncc23)ccc1N. The van der Waals surface area contributed by atoms with E-state index in [2.05, 4.69) is 22.4 Å². The fraction of sp³-hybridized carbons (Fsp3) is 0.0625. The average molecular weight is 249 g/mol. The number of anilines is 3. The van der Waals surface area contributed by atoms with Crippen molar-refractivity contribution in [2.75, 3.05) is 11.1 Å². The van der Waals surface area contributed by atoms with Gasteiger partial charge in [0, 0.05) is 34.8 Å². The molecule has 0 saturated heterocycles. The minimum Gasteiger partial charge on any atom is -0.399 e. The zero-order valence-corrected chi connectivity index (χ0v) is 10.7. The van der Waals surface area contributed by atoms with E-state index < -0.39 is 0 Å². The summed E-state index contributed by atoms with van der Waals surface area (Å²) >= 11 is 0. The van der Waals surface area contributed by atoms with E-state index in [1.807, 2.05) is 43.5 Å². The minimum absolute atomic E-state index is 0.810. The van der Waals surface area contributed by atoms with Crippen LogP contribution in [0, 0.1) is 6.92 Å².